The van der Waals surface area contributed by atoms with Crippen LogP contribution in [0.2, 0.25) is 0 Å². The predicted octanol–water partition coefficient (Wildman–Crippen LogP) is 1.23. The Kier molecular flexibility index (Phi) is 6.15. The van der Waals surface area contributed by atoms with Crippen LogP contribution in [0.3, 0.4) is 0 Å². The molecule has 0 bridgehead atoms. The van der Waals surface area contributed by atoms with Gasteiger partial charge in [-0.05, 0) is 45.3 Å². The van der Waals surface area contributed by atoms with Crippen LogP contribution < -0.4 is 5.73 Å². The highest BCUT2D eigenvalue weighted by molar-refractivity contribution is 4.70. The zero-order chi connectivity index (χ0) is 10.2. The molecule has 1 unspecified atom stereocenters. The fourth-order valence-corrected chi connectivity index (χ4v) is 2.00. The van der Waals surface area contributed by atoms with Crippen molar-refractivity contribution in [3.8, 4) is 0 Å². The van der Waals surface area contributed by atoms with Crippen LogP contribution in [0.15, 0.2) is 0 Å². The van der Waals surface area contributed by atoms with Crippen molar-refractivity contribution < 1.29 is 4.74 Å². The zero-order valence-corrected chi connectivity index (χ0v) is 9.37. The fourth-order valence-electron chi connectivity index (χ4n) is 2.00. The van der Waals surface area contributed by atoms with Crippen LogP contribution in [0.4, 0.5) is 0 Å². The Morgan fingerprint density at radius 2 is 2.29 bits per heavy atom. The molecule has 3 nitrogen and oxygen atoms in total. The standard InChI is InChI=1S/C11H24N2O/c1-2-7-13(8-4-6-12)10-11-5-3-9-14-11/h11H,2-10,12H2,1H3. The lowest BCUT2D eigenvalue weighted by Crippen LogP contribution is -2.34. The molecule has 0 aromatic rings. The van der Waals surface area contributed by atoms with E-state index in [0.29, 0.717) is 6.10 Å². The molecule has 0 radical (unpaired) electrons. The van der Waals surface area contributed by atoms with Crippen molar-refractivity contribution in [1.82, 2.24) is 4.90 Å². The van der Waals surface area contributed by atoms with E-state index in [1.165, 1.54) is 25.8 Å². The highest BCUT2D eigenvalue weighted by Gasteiger charge is 2.18. The molecule has 0 saturated carbocycles. The first-order chi connectivity index (χ1) is 6.86. The van der Waals surface area contributed by atoms with E-state index in [4.69, 9.17) is 10.5 Å². The molecule has 0 aromatic carbocycles. The van der Waals surface area contributed by atoms with Gasteiger partial charge in [-0.1, -0.05) is 6.92 Å². The largest absolute Gasteiger partial charge is 0.377 e. The fraction of sp³-hybridized carbons (Fsp3) is 1.00. The molecule has 14 heavy (non-hydrogen) atoms. The summed E-state index contributed by atoms with van der Waals surface area (Å²) in [6.07, 6.45) is 5.29. The van der Waals surface area contributed by atoms with Crippen molar-refractivity contribution in [3.63, 3.8) is 0 Å². The molecule has 0 aromatic heterocycles. The van der Waals surface area contributed by atoms with E-state index < -0.39 is 0 Å². The maximum Gasteiger partial charge on any atom is 0.0702 e. The predicted molar refractivity (Wildman–Crippen MR) is 59.4 cm³/mol. The average molecular weight is 200 g/mol. The lowest BCUT2D eigenvalue weighted by molar-refractivity contribution is 0.0729. The van der Waals surface area contributed by atoms with Crippen molar-refractivity contribution in [2.24, 2.45) is 5.73 Å². The second-order valence-electron chi connectivity index (χ2n) is 4.08. The van der Waals surface area contributed by atoms with Gasteiger partial charge in [-0.25, -0.2) is 0 Å². The van der Waals surface area contributed by atoms with Crippen LogP contribution in [0.5, 0.6) is 0 Å². The Morgan fingerprint density at radius 1 is 1.43 bits per heavy atom. The van der Waals surface area contributed by atoms with E-state index in [-0.39, 0.29) is 0 Å². The first-order valence-corrected chi connectivity index (χ1v) is 5.90. The molecular weight excluding hydrogens is 176 g/mol. The third-order valence-corrected chi connectivity index (χ3v) is 2.70. The van der Waals surface area contributed by atoms with Crippen LogP contribution in [-0.4, -0.2) is 43.8 Å². The van der Waals surface area contributed by atoms with Gasteiger partial charge in [0.05, 0.1) is 6.10 Å². The van der Waals surface area contributed by atoms with Gasteiger partial charge in [-0.15, -0.1) is 0 Å². The van der Waals surface area contributed by atoms with E-state index in [0.717, 1.165) is 32.7 Å². The summed E-state index contributed by atoms with van der Waals surface area (Å²) in [4.78, 5) is 2.49. The molecule has 1 rings (SSSR count). The van der Waals surface area contributed by atoms with Crippen molar-refractivity contribution in [1.29, 1.82) is 0 Å². The van der Waals surface area contributed by atoms with Gasteiger partial charge in [-0.2, -0.15) is 0 Å². The summed E-state index contributed by atoms with van der Waals surface area (Å²) in [5.74, 6) is 0. The van der Waals surface area contributed by atoms with Crippen molar-refractivity contribution in [3.05, 3.63) is 0 Å². The maximum absolute atomic E-state index is 5.64. The second kappa shape index (κ2) is 7.21. The molecule has 1 saturated heterocycles. The molecule has 0 spiro atoms. The van der Waals surface area contributed by atoms with Gasteiger partial charge in [0.15, 0.2) is 0 Å². The SMILES string of the molecule is CCCN(CCCN)CC1CCCO1. The summed E-state index contributed by atoms with van der Waals surface area (Å²) in [7, 11) is 0. The molecular formula is C11H24N2O. The molecule has 1 aliphatic rings. The van der Waals surface area contributed by atoms with Crippen LogP contribution in [0, 0.1) is 0 Å². The summed E-state index contributed by atoms with van der Waals surface area (Å²) in [6.45, 7) is 7.40. The molecule has 1 heterocycles. The average Bonchev–Trinajstić information content (AvgIpc) is 2.67. The molecule has 1 aliphatic heterocycles. The number of ether oxygens (including phenoxy) is 1. The Labute approximate surface area is 87.6 Å². The molecule has 0 aliphatic carbocycles. The molecule has 2 N–H and O–H groups in total. The minimum atomic E-state index is 0.485. The van der Waals surface area contributed by atoms with E-state index in [1.54, 1.807) is 0 Å². The Balaban J connectivity index is 2.18. The van der Waals surface area contributed by atoms with Crippen LogP contribution in [0.1, 0.15) is 32.6 Å². The first-order valence-electron chi connectivity index (χ1n) is 5.90. The topological polar surface area (TPSA) is 38.5 Å². The summed E-state index contributed by atoms with van der Waals surface area (Å²) >= 11 is 0. The highest BCUT2D eigenvalue weighted by Crippen LogP contribution is 2.13. The molecule has 1 fully saturated rings. The Hall–Kier alpha value is -0.120. The Morgan fingerprint density at radius 3 is 2.86 bits per heavy atom. The van der Waals surface area contributed by atoms with Crippen LogP contribution >= 0.6 is 0 Å². The van der Waals surface area contributed by atoms with Gasteiger partial charge >= 0.3 is 0 Å². The highest BCUT2D eigenvalue weighted by atomic mass is 16.5. The summed E-state index contributed by atoms with van der Waals surface area (Å²) in [5.41, 5.74) is 5.52. The van der Waals surface area contributed by atoms with Gasteiger partial charge in [0.1, 0.15) is 0 Å². The van der Waals surface area contributed by atoms with E-state index in [2.05, 4.69) is 11.8 Å². The number of rotatable bonds is 7. The van der Waals surface area contributed by atoms with Crippen molar-refractivity contribution in [2.75, 3.05) is 32.8 Å². The first kappa shape index (κ1) is 12.0. The number of nitrogens with two attached hydrogens (primary N) is 1. The van der Waals surface area contributed by atoms with Gasteiger partial charge in [-0.3, -0.25) is 0 Å². The van der Waals surface area contributed by atoms with E-state index in [1.807, 2.05) is 0 Å². The number of nitrogens with zero attached hydrogens (tertiary/aromatic N) is 1. The smallest absolute Gasteiger partial charge is 0.0702 e. The monoisotopic (exact) mass is 200 g/mol. The Bertz CT molecular complexity index is 135. The van der Waals surface area contributed by atoms with Crippen molar-refractivity contribution in [2.45, 2.75) is 38.7 Å². The minimum absolute atomic E-state index is 0.485. The quantitative estimate of drug-likeness (QED) is 0.671. The van der Waals surface area contributed by atoms with Crippen LogP contribution in [0.25, 0.3) is 0 Å². The summed E-state index contributed by atoms with van der Waals surface area (Å²) in [5, 5.41) is 0. The van der Waals surface area contributed by atoms with Crippen molar-refractivity contribution >= 4 is 0 Å². The lowest BCUT2D eigenvalue weighted by Gasteiger charge is -2.24. The normalized spacial score (nSPS) is 22.1. The summed E-state index contributed by atoms with van der Waals surface area (Å²) < 4.78 is 5.64. The molecule has 0 amide bonds. The number of hydrogen-bond acceptors (Lipinski definition) is 3. The van der Waals surface area contributed by atoms with E-state index >= 15 is 0 Å². The van der Waals surface area contributed by atoms with E-state index in [9.17, 15) is 0 Å². The minimum Gasteiger partial charge on any atom is -0.377 e. The third kappa shape index (κ3) is 4.40. The molecule has 3 heteroatoms. The van der Waals surface area contributed by atoms with Gasteiger partial charge < -0.3 is 15.4 Å². The molecule has 1 atom stereocenters. The van der Waals surface area contributed by atoms with Gasteiger partial charge in [0.2, 0.25) is 0 Å². The lowest BCUT2D eigenvalue weighted by atomic mass is 10.2. The van der Waals surface area contributed by atoms with Crippen LogP contribution in [-0.2, 0) is 4.74 Å². The van der Waals surface area contributed by atoms with Gasteiger partial charge in [0.25, 0.3) is 0 Å². The molecule has 84 valence electrons. The maximum atomic E-state index is 5.64. The second-order valence-corrected chi connectivity index (χ2v) is 4.08. The summed E-state index contributed by atoms with van der Waals surface area (Å²) in [6, 6.07) is 0. The zero-order valence-electron chi connectivity index (χ0n) is 9.37. The van der Waals surface area contributed by atoms with Gasteiger partial charge in [0, 0.05) is 13.2 Å². The third-order valence-electron chi connectivity index (χ3n) is 2.70. The number of hydrogen-bond donors (Lipinski definition) is 1.